The molecule has 23 heavy (non-hydrogen) atoms. The molecule has 2 aromatic rings. The topological polar surface area (TPSA) is 88.9 Å². The van der Waals surface area contributed by atoms with Crippen molar-refractivity contribution in [3.05, 3.63) is 35.7 Å². The van der Waals surface area contributed by atoms with Gasteiger partial charge in [0.1, 0.15) is 11.9 Å². The fourth-order valence-corrected chi connectivity index (χ4v) is 2.55. The summed E-state index contributed by atoms with van der Waals surface area (Å²) in [5, 5.41) is 9.66. The molecule has 1 atom stereocenters. The van der Waals surface area contributed by atoms with Gasteiger partial charge in [-0.05, 0) is 30.5 Å². The van der Waals surface area contributed by atoms with Crippen molar-refractivity contribution in [1.82, 2.24) is 14.8 Å². The molecule has 7 nitrogen and oxygen atoms in total. The molecule has 0 spiro atoms. The Morgan fingerprint density at radius 3 is 2.70 bits per heavy atom. The summed E-state index contributed by atoms with van der Waals surface area (Å²) in [6, 6.07) is 7.01. The van der Waals surface area contributed by atoms with E-state index in [2.05, 4.69) is 34.6 Å². The highest BCUT2D eigenvalue weighted by Crippen LogP contribution is 2.24. The zero-order valence-corrected chi connectivity index (χ0v) is 13.3. The maximum atomic E-state index is 12.5. The first-order valence-electron chi connectivity index (χ1n) is 7.58. The maximum Gasteiger partial charge on any atom is 0.249 e. The summed E-state index contributed by atoms with van der Waals surface area (Å²) >= 11 is 0. The molecule has 0 radical (unpaired) electrons. The molecule has 1 aromatic heterocycles. The summed E-state index contributed by atoms with van der Waals surface area (Å²) in [7, 11) is 0. The van der Waals surface area contributed by atoms with Gasteiger partial charge in [-0.1, -0.05) is 26.0 Å². The van der Waals surface area contributed by atoms with Crippen LogP contribution in [0.4, 0.5) is 11.6 Å². The Morgan fingerprint density at radius 1 is 1.35 bits per heavy atom. The van der Waals surface area contributed by atoms with E-state index in [9.17, 15) is 9.59 Å². The molecule has 2 amide bonds. The van der Waals surface area contributed by atoms with Crippen LogP contribution in [0.5, 0.6) is 0 Å². The molecule has 1 aromatic carbocycles. The smallest absolute Gasteiger partial charge is 0.249 e. The van der Waals surface area contributed by atoms with Gasteiger partial charge in [-0.3, -0.25) is 14.9 Å². The zero-order valence-electron chi connectivity index (χ0n) is 13.3. The fraction of sp³-hybridized carbons (Fsp3) is 0.375. The van der Waals surface area contributed by atoms with Gasteiger partial charge in [0.15, 0.2) is 0 Å². The number of hydrogen-bond acceptors (Lipinski definition) is 4. The number of benzene rings is 1. The van der Waals surface area contributed by atoms with E-state index in [-0.39, 0.29) is 18.2 Å². The second-order valence-electron chi connectivity index (χ2n) is 5.96. The highest BCUT2D eigenvalue weighted by Gasteiger charge is 2.32. The van der Waals surface area contributed by atoms with E-state index in [1.165, 1.54) is 10.2 Å². The Bertz CT molecular complexity index is 748. The number of nitrogens with zero attached hydrogens (tertiary/aromatic N) is 3. The van der Waals surface area contributed by atoms with Crippen molar-refractivity contribution in [2.45, 2.75) is 39.2 Å². The summed E-state index contributed by atoms with van der Waals surface area (Å²) in [5.41, 5.74) is 1.90. The van der Waals surface area contributed by atoms with E-state index >= 15 is 0 Å². The number of carbonyl (C=O) groups is 2. The SMILES string of the molecule is Cc1nc2n(n1)[C@@H](C(=O)Nc1ccc(C(C)C)cc1)CC(=O)N2. The van der Waals surface area contributed by atoms with Crippen LogP contribution in [-0.4, -0.2) is 26.6 Å². The summed E-state index contributed by atoms with van der Waals surface area (Å²) < 4.78 is 1.47. The molecule has 0 saturated heterocycles. The molecule has 0 aliphatic carbocycles. The second-order valence-corrected chi connectivity index (χ2v) is 5.96. The van der Waals surface area contributed by atoms with Crippen molar-refractivity contribution in [2.75, 3.05) is 10.6 Å². The second kappa shape index (κ2) is 5.83. The van der Waals surface area contributed by atoms with Crippen LogP contribution < -0.4 is 10.6 Å². The molecule has 7 heteroatoms. The summed E-state index contributed by atoms with van der Waals surface area (Å²) in [6.45, 7) is 5.95. The number of nitrogens with one attached hydrogen (secondary N) is 2. The number of carbonyl (C=O) groups excluding carboxylic acids is 2. The van der Waals surface area contributed by atoms with E-state index in [1.807, 2.05) is 24.3 Å². The lowest BCUT2D eigenvalue weighted by Gasteiger charge is -2.22. The van der Waals surface area contributed by atoms with Gasteiger partial charge in [0, 0.05) is 5.69 Å². The Morgan fingerprint density at radius 2 is 2.04 bits per heavy atom. The number of aromatic nitrogens is 3. The van der Waals surface area contributed by atoms with E-state index in [0.29, 0.717) is 23.4 Å². The lowest BCUT2D eigenvalue weighted by Crippen LogP contribution is -2.36. The Labute approximate surface area is 134 Å². The quantitative estimate of drug-likeness (QED) is 0.909. The van der Waals surface area contributed by atoms with E-state index in [1.54, 1.807) is 6.92 Å². The van der Waals surface area contributed by atoms with Gasteiger partial charge in [-0.2, -0.15) is 10.1 Å². The highest BCUT2D eigenvalue weighted by molar-refractivity contribution is 6.00. The van der Waals surface area contributed by atoms with Crippen LogP contribution in [0.25, 0.3) is 0 Å². The molecule has 1 aliphatic rings. The van der Waals surface area contributed by atoms with Gasteiger partial charge in [0.25, 0.3) is 0 Å². The minimum atomic E-state index is -0.690. The predicted molar refractivity (Wildman–Crippen MR) is 86.2 cm³/mol. The lowest BCUT2D eigenvalue weighted by molar-refractivity contribution is -0.125. The summed E-state index contributed by atoms with van der Waals surface area (Å²) in [6.07, 6.45) is 0.0473. The first-order valence-corrected chi connectivity index (χ1v) is 7.58. The third-order valence-electron chi connectivity index (χ3n) is 3.81. The van der Waals surface area contributed by atoms with Crippen molar-refractivity contribution < 1.29 is 9.59 Å². The van der Waals surface area contributed by atoms with Gasteiger partial charge in [-0.25, -0.2) is 4.68 Å². The fourth-order valence-electron chi connectivity index (χ4n) is 2.55. The largest absolute Gasteiger partial charge is 0.324 e. The number of amides is 2. The third kappa shape index (κ3) is 3.08. The van der Waals surface area contributed by atoms with Crippen LogP contribution in [0.2, 0.25) is 0 Å². The van der Waals surface area contributed by atoms with Crippen LogP contribution in [0.1, 0.15) is 43.6 Å². The Hall–Kier alpha value is -2.70. The molecule has 0 saturated carbocycles. The van der Waals surface area contributed by atoms with Gasteiger partial charge in [0.05, 0.1) is 6.42 Å². The molecule has 120 valence electrons. The lowest BCUT2D eigenvalue weighted by atomic mass is 10.0. The first kappa shape index (κ1) is 15.2. The average molecular weight is 313 g/mol. The molecular weight excluding hydrogens is 294 g/mol. The Balaban J connectivity index is 1.79. The summed E-state index contributed by atoms with van der Waals surface area (Å²) in [4.78, 5) is 28.4. The number of fused-ring (bicyclic) bond motifs is 1. The molecule has 0 unspecified atom stereocenters. The maximum absolute atomic E-state index is 12.5. The van der Waals surface area contributed by atoms with Gasteiger partial charge in [-0.15, -0.1) is 0 Å². The van der Waals surface area contributed by atoms with Crippen molar-refractivity contribution in [3.63, 3.8) is 0 Å². The van der Waals surface area contributed by atoms with E-state index < -0.39 is 6.04 Å². The normalized spacial score (nSPS) is 16.9. The first-order chi connectivity index (χ1) is 10.9. The number of aryl methyl sites for hydroxylation is 1. The molecule has 0 bridgehead atoms. The Kier molecular flexibility index (Phi) is 3.85. The van der Waals surface area contributed by atoms with E-state index in [4.69, 9.17) is 0 Å². The molecule has 2 heterocycles. The van der Waals surface area contributed by atoms with Crippen LogP contribution in [0.15, 0.2) is 24.3 Å². The summed E-state index contributed by atoms with van der Waals surface area (Å²) in [5.74, 6) is 0.751. The van der Waals surface area contributed by atoms with Gasteiger partial charge < -0.3 is 5.32 Å². The highest BCUT2D eigenvalue weighted by atomic mass is 16.2. The van der Waals surface area contributed by atoms with Crippen molar-refractivity contribution in [3.8, 4) is 0 Å². The average Bonchev–Trinajstić information content (AvgIpc) is 2.86. The van der Waals surface area contributed by atoms with Crippen molar-refractivity contribution >= 4 is 23.5 Å². The minimum Gasteiger partial charge on any atom is -0.324 e. The molecule has 1 aliphatic heterocycles. The molecule has 2 N–H and O–H groups in total. The number of hydrogen-bond donors (Lipinski definition) is 2. The number of rotatable bonds is 3. The van der Waals surface area contributed by atoms with Crippen LogP contribution in [-0.2, 0) is 9.59 Å². The molecule has 3 rings (SSSR count). The minimum absolute atomic E-state index is 0.0473. The molecular formula is C16H19N5O2. The number of anilines is 2. The van der Waals surface area contributed by atoms with Crippen LogP contribution in [0, 0.1) is 6.92 Å². The predicted octanol–water partition coefficient (Wildman–Crippen LogP) is 2.23. The van der Waals surface area contributed by atoms with Gasteiger partial charge in [0.2, 0.25) is 17.8 Å². The van der Waals surface area contributed by atoms with Crippen LogP contribution >= 0.6 is 0 Å². The molecule has 0 fully saturated rings. The van der Waals surface area contributed by atoms with Crippen LogP contribution in [0.3, 0.4) is 0 Å². The zero-order chi connectivity index (χ0) is 16.6. The van der Waals surface area contributed by atoms with Crippen molar-refractivity contribution in [1.29, 1.82) is 0 Å². The monoisotopic (exact) mass is 313 g/mol. The standard InChI is InChI=1S/C16H19N5O2/c1-9(2)11-4-6-12(7-5-11)18-15(23)13-8-14(22)19-16-17-10(3)20-21(13)16/h4-7,9,13H,8H2,1-3H3,(H,18,23)(H,17,19,20,22)/t13-/m1/s1. The van der Waals surface area contributed by atoms with Crippen molar-refractivity contribution in [2.24, 2.45) is 0 Å². The van der Waals surface area contributed by atoms with E-state index in [0.717, 1.165) is 0 Å². The third-order valence-corrected chi connectivity index (χ3v) is 3.81. The van der Waals surface area contributed by atoms with Gasteiger partial charge >= 0.3 is 0 Å².